The van der Waals surface area contributed by atoms with E-state index in [1.807, 2.05) is 12.1 Å². The SMILES string of the molecule is O=C(Nc1cccc(-n2ccc(-c3c(Cl)cccc3Cl)n2)c1)C(Cl)Cl. The Bertz CT molecular complexity index is 904. The maximum atomic E-state index is 11.6. The quantitative estimate of drug-likeness (QED) is 0.565. The van der Waals surface area contributed by atoms with E-state index in [-0.39, 0.29) is 0 Å². The number of carbonyl (C=O) groups excluding carboxylic acids is 1. The molecule has 1 heterocycles. The first-order valence-corrected chi connectivity index (χ1v) is 8.78. The van der Waals surface area contributed by atoms with E-state index in [1.165, 1.54) is 0 Å². The lowest BCUT2D eigenvalue weighted by Crippen LogP contribution is -2.18. The first-order chi connectivity index (χ1) is 12.0. The highest BCUT2D eigenvalue weighted by atomic mass is 35.5. The van der Waals surface area contributed by atoms with Crippen LogP contribution >= 0.6 is 46.4 Å². The zero-order valence-electron chi connectivity index (χ0n) is 12.6. The number of hydrogen-bond donors (Lipinski definition) is 1. The number of anilines is 1. The summed E-state index contributed by atoms with van der Waals surface area (Å²) < 4.78 is 1.66. The van der Waals surface area contributed by atoms with E-state index in [4.69, 9.17) is 46.4 Å². The number of rotatable bonds is 4. The molecule has 8 heteroatoms. The van der Waals surface area contributed by atoms with Gasteiger partial charge >= 0.3 is 0 Å². The molecule has 0 saturated carbocycles. The van der Waals surface area contributed by atoms with E-state index in [0.29, 0.717) is 27.0 Å². The van der Waals surface area contributed by atoms with E-state index in [1.54, 1.807) is 47.3 Å². The first-order valence-electron chi connectivity index (χ1n) is 7.15. The van der Waals surface area contributed by atoms with Gasteiger partial charge in [-0.3, -0.25) is 4.79 Å². The zero-order chi connectivity index (χ0) is 18.0. The monoisotopic (exact) mass is 413 g/mol. The molecule has 0 fully saturated rings. The van der Waals surface area contributed by atoms with E-state index < -0.39 is 10.7 Å². The van der Waals surface area contributed by atoms with Crippen molar-refractivity contribution in [3.8, 4) is 16.9 Å². The van der Waals surface area contributed by atoms with Gasteiger partial charge in [-0.05, 0) is 36.4 Å². The number of nitrogens with zero attached hydrogens (tertiary/aromatic N) is 2. The second-order valence-electron chi connectivity index (χ2n) is 5.08. The van der Waals surface area contributed by atoms with Crippen molar-refractivity contribution >= 4 is 58.0 Å². The van der Waals surface area contributed by atoms with E-state index in [9.17, 15) is 4.79 Å². The molecule has 128 valence electrons. The zero-order valence-corrected chi connectivity index (χ0v) is 15.6. The summed E-state index contributed by atoms with van der Waals surface area (Å²) in [5.41, 5.74) is 2.61. The van der Waals surface area contributed by atoms with Gasteiger partial charge in [0.2, 0.25) is 0 Å². The van der Waals surface area contributed by atoms with Gasteiger partial charge < -0.3 is 5.32 Å². The van der Waals surface area contributed by atoms with Crippen molar-refractivity contribution < 1.29 is 4.79 Å². The minimum absolute atomic E-state index is 0.496. The molecule has 0 aliphatic heterocycles. The van der Waals surface area contributed by atoms with Crippen LogP contribution in [0.4, 0.5) is 5.69 Å². The van der Waals surface area contributed by atoms with Gasteiger partial charge in [0.1, 0.15) is 0 Å². The summed E-state index contributed by atoms with van der Waals surface area (Å²) in [6.45, 7) is 0. The number of benzene rings is 2. The Hall–Kier alpha value is -1.72. The van der Waals surface area contributed by atoms with E-state index in [0.717, 1.165) is 5.69 Å². The van der Waals surface area contributed by atoms with Crippen LogP contribution in [0.3, 0.4) is 0 Å². The molecular formula is C17H11Cl4N3O. The topological polar surface area (TPSA) is 46.9 Å². The third-order valence-corrected chi connectivity index (χ3v) is 4.41. The molecule has 4 nitrogen and oxygen atoms in total. The molecule has 0 saturated heterocycles. The third kappa shape index (κ3) is 4.10. The Morgan fingerprint density at radius 2 is 1.72 bits per heavy atom. The fourth-order valence-corrected chi connectivity index (χ4v) is 2.97. The molecule has 0 bridgehead atoms. The summed E-state index contributed by atoms with van der Waals surface area (Å²) >= 11 is 23.5. The molecule has 0 spiro atoms. The average Bonchev–Trinajstić information content (AvgIpc) is 3.04. The smallest absolute Gasteiger partial charge is 0.257 e. The lowest BCUT2D eigenvalue weighted by molar-refractivity contribution is -0.114. The largest absolute Gasteiger partial charge is 0.324 e. The van der Waals surface area contributed by atoms with Crippen LogP contribution in [0.5, 0.6) is 0 Å². The van der Waals surface area contributed by atoms with Crippen LogP contribution < -0.4 is 5.32 Å². The molecule has 1 N–H and O–H groups in total. The Labute approximate surface area is 164 Å². The number of aromatic nitrogens is 2. The van der Waals surface area contributed by atoms with Crippen molar-refractivity contribution in [1.82, 2.24) is 9.78 Å². The summed E-state index contributed by atoms with van der Waals surface area (Å²) in [5, 5.41) is 8.18. The van der Waals surface area contributed by atoms with Crippen molar-refractivity contribution in [1.29, 1.82) is 0 Å². The maximum absolute atomic E-state index is 11.6. The van der Waals surface area contributed by atoms with Crippen molar-refractivity contribution in [2.45, 2.75) is 4.84 Å². The molecule has 25 heavy (non-hydrogen) atoms. The van der Waals surface area contributed by atoms with Gasteiger partial charge in [0, 0.05) is 17.4 Å². The fraction of sp³-hybridized carbons (Fsp3) is 0.0588. The van der Waals surface area contributed by atoms with Crippen molar-refractivity contribution in [2.75, 3.05) is 5.32 Å². The summed E-state index contributed by atoms with van der Waals surface area (Å²) in [5.74, 6) is -0.496. The molecular weight excluding hydrogens is 404 g/mol. The van der Waals surface area contributed by atoms with Gasteiger partial charge in [-0.25, -0.2) is 4.68 Å². The summed E-state index contributed by atoms with van der Waals surface area (Å²) in [6.07, 6.45) is 1.78. The number of halogens is 4. The normalized spacial score (nSPS) is 10.9. The number of carbonyl (C=O) groups is 1. The number of alkyl halides is 2. The lowest BCUT2D eigenvalue weighted by atomic mass is 10.1. The summed E-state index contributed by atoms with van der Waals surface area (Å²) in [4.78, 5) is 10.5. The molecule has 1 amide bonds. The Balaban J connectivity index is 1.92. The minimum atomic E-state index is -1.14. The summed E-state index contributed by atoms with van der Waals surface area (Å²) in [6, 6.07) is 14.2. The van der Waals surface area contributed by atoms with Gasteiger partial charge in [-0.2, -0.15) is 5.10 Å². The predicted octanol–water partition coefficient (Wildman–Crippen LogP) is 5.59. The average molecular weight is 415 g/mol. The highest BCUT2D eigenvalue weighted by Gasteiger charge is 2.13. The molecule has 2 aromatic carbocycles. The second kappa shape index (κ2) is 7.67. The lowest BCUT2D eigenvalue weighted by Gasteiger charge is -2.08. The standard InChI is InChI=1S/C17H11Cl4N3O/c18-12-5-2-6-13(19)15(12)14-7-8-24(23-14)11-4-1-3-10(9-11)22-17(25)16(20)21/h1-9,16H,(H,22,25). The van der Waals surface area contributed by atoms with Crippen molar-refractivity contribution in [2.24, 2.45) is 0 Å². The maximum Gasteiger partial charge on any atom is 0.257 e. The third-order valence-electron chi connectivity index (χ3n) is 3.38. The van der Waals surface area contributed by atoms with Crippen LogP contribution in [-0.2, 0) is 4.79 Å². The number of amides is 1. The van der Waals surface area contributed by atoms with E-state index in [2.05, 4.69) is 10.4 Å². The van der Waals surface area contributed by atoms with Gasteiger partial charge in [-0.1, -0.05) is 58.5 Å². The van der Waals surface area contributed by atoms with Crippen LogP contribution in [0.25, 0.3) is 16.9 Å². The van der Waals surface area contributed by atoms with Gasteiger partial charge in [0.05, 0.1) is 21.4 Å². The number of nitrogens with one attached hydrogen (secondary N) is 1. The molecule has 0 unspecified atom stereocenters. The molecule has 0 atom stereocenters. The first kappa shape index (κ1) is 18.1. The highest BCUT2D eigenvalue weighted by molar-refractivity contribution is 6.54. The molecule has 3 rings (SSSR count). The van der Waals surface area contributed by atoms with Crippen molar-refractivity contribution in [3.05, 3.63) is 64.8 Å². The van der Waals surface area contributed by atoms with Crippen LogP contribution in [0.15, 0.2) is 54.7 Å². The Kier molecular flexibility index (Phi) is 5.54. The fourth-order valence-electron chi connectivity index (χ4n) is 2.27. The molecule has 1 aromatic heterocycles. The van der Waals surface area contributed by atoms with Crippen LogP contribution in [0.1, 0.15) is 0 Å². The Morgan fingerprint density at radius 3 is 2.40 bits per heavy atom. The van der Waals surface area contributed by atoms with Gasteiger partial charge in [0.25, 0.3) is 5.91 Å². The molecule has 0 radical (unpaired) electrons. The molecule has 3 aromatic rings. The highest BCUT2D eigenvalue weighted by Crippen LogP contribution is 2.33. The molecule has 0 aliphatic carbocycles. The number of hydrogen-bond acceptors (Lipinski definition) is 2. The predicted molar refractivity (Wildman–Crippen MR) is 103 cm³/mol. The Morgan fingerprint density at radius 1 is 1.04 bits per heavy atom. The van der Waals surface area contributed by atoms with Gasteiger partial charge in [0.15, 0.2) is 4.84 Å². The second-order valence-corrected chi connectivity index (χ2v) is 6.99. The van der Waals surface area contributed by atoms with Crippen LogP contribution in [0.2, 0.25) is 10.0 Å². The van der Waals surface area contributed by atoms with Gasteiger partial charge in [-0.15, -0.1) is 0 Å². The minimum Gasteiger partial charge on any atom is -0.324 e. The van der Waals surface area contributed by atoms with Crippen LogP contribution in [0, 0.1) is 0 Å². The van der Waals surface area contributed by atoms with E-state index >= 15 is 0 Å². The van der Waals surface area contributed by atoms with Crippen LogP contribution in [-0.4, -0.2) is 20.5 Å². The van der Waals surface area contributed by atoms with Crippen molar-refractivity contribution in [3.63, 3.8) is 0 Å². The molecule has 0 aliphatic rings. The summed E-state index contributed by atoms with van der Waals surface area (Å²) in [7, 11) is 0.